The third-order valence-electron chi connectivity index (χ3n) is 6.29. The Balaban J connectivity index is 1.96. The Labute approximate surface area is 236 Å². The second-order valence-corrected chi connectivity index (χ2v) is 8.72. The summed E-state index contributed by atoms with van der Waals surface area (Å²) >= 11 is 0. The first-order valence-electron chi connectivity index (χ1n) is 11.5. The van der Waals surface area contributed by atoms with Crippen LogP contribution in [0.1, 0.15) is 82.9 Å². The van der Waals surface area contributed by atoms with Gasteiger partial charge in [-0.2, -0.15) is 0 Å². The topological polar surface area (TPSA) is 267 Å². The number of carbonyl (C=O) groups is 8. The van der Waals surface area contributed by atoms with E-state index < -0.39 is 103 Å². The Morgan fingerprint density at radius 2 is 0.674 bits per heavy atom. The van der Waals surface area contributed by atoms with Crippen molar-refractivity contribution in [3.63, 3.8) is 0 Å². The van der Waals surface area contributed by atoms with Crippen molar-refractivity contribution in [3.05, 3.63) is 93.0 Å². The van der Waals surface area contributed by atoms with Crippen molar-refractivity contribution in [3.8, 4) is 0 Å². The molecular formula is C28H14O15. The third-order valence-corrected chi connectivity index (χ3v) is 6.29. The second kappa shape index (κ2) is 10.7. The smallest absolute Gasteiger partial charge is 0.347 e. The lowest BCUT2D eigenvalue weighted by atomic mass is 9.93. The number of rotatable bonds is 8. The minimum Gasteiger partial charge on any atom is -0.478 e. The van der Waals surface area contributed by atoms with Gasteiger partial charge in [0.05, 0.1) is 44.5 Å². The van der Waals surface area contributed by atoms with Crippen LogP contribution < -0.4 is 0 Å². The van der Waals surface area contributed by atoms with Gasteiger partial charge < -0.3 is 35.4 Å². The van der Waals surface area contributed by atoms with E-state index in [1.54, 1.807) is 0 Å². The first-order chi connectivity index (χ1) is 20.1. The van der Waals surface area contributed by atoms with E-state index in [9.17, 15) is 69.0 Å². The molecule has 0 spiro atoms. The second-order valence-electron chi connectivity index (χ2n) is 8.72. The molecule has 0 saturated heterocycles. The molecule has 0 bridgehead atoms. The van der Waals surface area contributed by atoms with Gasteiger partial charge >= 0.3 is 47.8 Å². The van der Waals surface area contributed by atoms with Crippen LogP contribution >= 0.6 is 0 Å². The van der Waals surface area contributed by atoms with Crippen molar-refractivity contribution in [2.24, 2.45) is 0 Å². The number of esters is 2. The molecule has 0 radical (unpaired) electrons. The van der Waals surface area contributed by atoms with Crippen LogP contribution in [0.3, 0.4) is 0 Å². The molecule has 0 amide bonds. The van der Waals surface area contributed by atoms with E-state index in [2.05, 4.69) is 0 Å². The zero-order chi connectivity index (χ0) is 31.9. The van der Waals surface area contributed by atoms with Crippen LogP contribution in [0.5, 0.6) is 0 Å². The van der Waals surface area contributed by atoms with E-state index in [1.165, 1.54) is 0 Å². The summed E-state index contributed by atoms with van der Waals surface area (Å²) in [6.45, 7) is 0. The SMILES string of the molecule is O=C(O)c1cc2ccc(C(=O)O)c(C(=O)OC(=O)c3c(C(=O)O)ccc4cc(C(=O)O)c(C(=O)O)cc34)c2cc1C(=O)O. The summed E-state index contributed by atoms with van der Waals surface area (Å²) in [6, 6.07) is 6.99. The molecule has 0 unspecified atom stereocenters. The van der Waals surface area contributed by atoms with E-state index in [4.69, 9.17) is 4.74 Å². The molecule has 4 aromatic rings. The lowest BCUT2D eigenvalue weighted by Crippen LogP contribution is -2.20. The predicted molar refractivity (Wildman–Crippen MR) is 139 cm³/mol. The van der Waals surface area contributed by atoms with Gasteiger partial charge in [0.25, 0.3) is 0 Å². The number of fused-ring (bicyclic) bond motifs is 2. The summed E-state index contributed by atoms with van der Waals surface area (Å²) in [5.41, 5.74) is -6.41. The van der Waals surface area contributed by atoms with Crippen molar-refractivity contribution in [2.75, 3.05) is 0 Å². The van der Waals surface area contributed by atoms with Gasteiger partial charge in [0, 0.05) is 0 Å². The van der Waals surface area contributed by atoms with Crippen LogP contribution in [-0.2, 0) is 4.74 Å². The Morgan fingerprint density at radius 1 is 0.395 bits per heavy atom. The van der Waals surface area contributed by atoms with Gasteiger partial charge in [0.1, 0.15) is 0 Å². The van der Waals surface area contributed by atoms with Crippen LogP contribution in [0.25, 0.3) is 21.5 Å². The molecular weight excluding hydrogens is 576 g/mol. The van der Waals surface area contributed by atoms with Crippen LogP contribution in [0.4, 0.5) is 0 Å². The van der Waals surface area contributed by atoms with Gasteiger partial charge in [-0.25, -0.2) is 38.4 Å². The van der Waals surface area contributed by atoms with E-state index in [0.717, 1.165) is 36.4 Å². The molecule has 0 saturated carbocycles. The third kappa shape index (κ3) is 5.16. The molecule has 43 heavy (non-hydrogen) atoms. The number of hydrogen-bond acceptors (Lipinski definition) is 9. The van der Waals surface area contributed by atoms with Gasteiger partial charge in [-0.1, -0.05) is 12.1 Å². The van der Waals surface area contributed by atoms with Crippen molar-refractivity contribution >= 4 is 69.3 Å². The van der Waals surface area contributed by atoms with Gasteiger partial charge in [-0.05, 0) is 57.9 Å². The number of benzene rings is 4. The average Bonchev–Trinajstić information content (AvgIpc) is 2.93. The van der Waals surface area contributed by atoms with E-state index in [0.29, 0.717) is 12.1 Å². The highest BCUT2D eigenvalue weighted by Gasteiger charge is 2.30. The Bertz CT molecular complexity index is 1860. The van der Waals surface area contributed by atoms with Crippen LogP contribution in [0.2, 0.25) is 0 Å². The van der Waals surface area contributed by atoms with E-state index in [1.807, 2.05) is 0 Å². The molecule has 0 aromatic heterocycles. The summed E-state index contributed by atoms with van der Waals surface area (Å²) in [6.07, 6.45) is 0. The Kier molecular flexibility index (Phi) is 7.33. The van der Waals surface area contributed by atoms with Gasteiger partial charge in [0.2, 0.25) is 0 Å². The normalized spacial score (nSPS) is 10.7. The number of hydrogen-bond donors (Lipinski definition) is 6. The summed E-state index contributed by atoms with van der Waals surface area (Å²) in [4.78, 5) is 97.1. The van der Waals surface area contributed by atoms with Gasteiger partial charge in [-0.15, -0.1) is 0 Å². The summed E-state index contributed by atoms with van der Waals surface area (Å²) in [5, 5.41) is 56.0. The summed E-state index contributed by atoms with van der Waals surface area (Å²) in [5.74, 6) is -13.7. The lowest BCUT2D eigenvalue weighted by molar-refractivity contribution is 0.0388. The van der Waals surface area contributed by atoms with Crippen molar-refractivity contribution in [1.82, 2.24) is 0 Å². The van der Waals surface area contributed by atoms with Crippen molar-refractivity contribution < 1.29 is 73.7 Å². The molecule has 0 aliphatic rings. The van der Waals surface area contributed by atoms with E-state index >= 15 is 0 Å². The molecule has 0 aliphatic heterocycles. The van der Waals surface area contributed by atoms with Gasteiger partial charge in [-0.3, -0.25) is 0 Å². The first kappa shape index (κ1) is 29.3. The molecule has 0 atom stereocenters. The molecule has 0 heterocycles. The zero-order valence-corrected chi connectivity index (χ0v) is 21.0. The standard InChI is InChI=1S/C28H14O15/c29-21(30)11-3-1-9-5-15(23(33)34)17(25(37)38)7-13(9)19(11)27(41)43-28(42)20-12(22(31)32)4-2-10-6-16(24(35)36)18(26(39)40)8-14(10)20/h1-8H,(H,29,30)(H,31,32)(H,33,34)(H,35,36)(H,37,38)(H,39,40). The molecule has 6 N–H and O–H groups in total. The maximum atomic E-state index is 13.3. The minimum absolute atomic E-state index is 0.129. The number of carbonyl (C=O) groups excluding carboxylic acids is 2. The minimum atomic E-state index is -1.74. The molecule has 216 valence electrons. The highest BCUT2D eigenvalue weighted by atomic mass is 16.6. The number of aromatic carboxylic acids is 6. The average molecular weight is 590 g/mol. The maximum Gasteiger partial charge on any atom is 0.347 e. The molecule has 15 nitrogen and oxygen atoms in total. The largest absolute Gasteiger partial charge is 0.478 e. The van der Waals surface area contributed by atoms with Crippen LogP contribution in [0, 0.1) is 0 Å². The first-order valence-corrected chi connectivity index (χ1v) is 11.5. The number of ether oxygens (including phenoxy) is 1. The fraction of sp³-hybridized carbons (Fsp3) is 0. The Morgan fingerprint density at radius 3 is 0.953 bits per heavy atom. The lowest BCUT2D eigenvalue weighted by Gasteiger charge is -2.14. The quantitative estimate of drug-likeness (QED) is 0.127. The molecule has 15 heteroatoms. The van der Waals surface area contributed by atoms with Crippen LogP contribution in [0.15, 0.2) is 48.5 Å². The van der Waals surface area contributed by atoms with Crippen molar-refractivity contribution in [1.29, 1.82) is 0 Å². The molecule has 0 fully saturated rings. The summed E-state index contributed by atoms with van der Waals surface area (Å²) < 4.78 is 4.84. The fourth-order valence-corrected chi connectivity index (χ4v) is 4.44. The highest BCUT2D eigenvalue weighted by Crippen LogP contribution is 2.31. The number of carboxylic acids is 6. The van der Waals surface area contributed by atoms with Gasteiger partial charge in [0.15, 0.2) is 0 Å². The molecule has 0 aliphatic carbocycles. The summed E-state index contributed by atoms with van der Waals surface area (Å²) in [7, 11) is 0. The highest BCUT2D eigenvalue weighted by molar-refractivity contribution is 6.21. The Hall–Kier alpha value is -6.64. The molecule has 4 aromatic carbocycles. The zero-order valence-electron chi connectivity index (χ0n) is 21.0. The van der Waals surface area contributed by atoms with E-state index in [-0.39, 0.29) is 10.8 Å². The van der Waals surface area contributed by atoms with Crippen LogP contribution in [-0.4, -0.2) is 78.4 Å². The van der Waals surface area contributed by atoms with Crippen molar-refractivity contribution in [2.45, 2.75) is 0 Å². The fourth-order valence-electron chi connectivity index (χ4n) is 4.44. The predicted octanol–water partition coefficient (Wildman–Crippen LogP) is 3.18. The number of carboxylic acid groups (broad SMARTS) is 6. The maximum absolute atomic E-state index is 13.3. The molecule has 4 rings (SSSR count). The monoisotopic (exact) mass is 590 g/mol.